The Bertz CT molecular complexity index is 1030. The Kier molecular flexibility index (Phi) is 4.94. The Morgan fingerprint density at radius 3 is 2.62 bits per heavy atom. The zero-order chi connectivity index (χ0) is 18.7. The maximum absolute atomic E-state index is 13.7. The van der Waals surface area contributed by atoms with E-state index in [9.17, 15) is 19.3 Å². The number of nitrogens with one attached hydrogen (secondary N) is 4. The van der Waals surface area contributed by atoms with E-state index < -0.39 is 16.6 Å². The molecule has 0 unspecified atom stereocenters. The second-order valence-corrected chi connectivity index (χ2v) is 5.85. The number of nitro groups is 1. The molecule has 0 saturated heterocycles. The van der Waals surface area contributed by atoms with Gasteiger partial charge in [-0.25, -0.2) is 4.39 Å². The molecular formula is C16H14FN5O3S. The number of fused-ring (bicyclic) bond motifs is 1. The fourth-order valence-electron chi connectivity index (χ4n) is 2.47. The van der Waals surface area contributed by atoms with Crippen LogP contribution < -0.4 is 10.6 Å². The summed E-state index contributed by atoms with van der Waals surface area (Å²) < 4.78 is 14.0. The van der Waals surface area contributed by atoms with Gasteiger partial charge in [0, 0.05) is 30.9 Å². The molecule has 1 amide bonds. The van der Waals surface area contributed by atoms with E-state index in [2.05, 4.69) is 20.6 Å². The van der Waals surface area contributed by atoms with Crippen LogP contribution in [0.3, 0.4) is 0 Å². The van der Waals surface area contributed by atoms with E-state index in [-0.39, 0.29) is 17.8 Å². The Labute approximate surface area is 151 Å². The summed E-state index contributed by atoms with van der Waals surface area (Å²) in [7, 11) is 0. The number of carbonyl (C=O) groups excluding carboxylic acids is 1. The fourth-order valence-corrected chi connectivity index (χ4v) is 2.68. The molecule has 4 N–H and O–H groups in total. The molecule has 0 aliphatic rings. The summed E-state index contributed by atoms with van der Waals surface area (Å²) in [5, 5.41) is 16.3. The standard InChI is InChI=1S/C16H14FN5O3S/c17-9-7-12(14-13(8-9)20-16(26)21-14)15(23)19-6-5-18-10-1-3-11(4-2-10)22(24)25/h1-4,7-8,18H,5-6H2,(H,19,23)(H2,20,21,26). The number of nitrogens with zero attached hydrogens (tertiary/aromatic N) is 1. The van der Waals surface area contributed by atoms with Crippen molar-refractivity contribution in [2.24, 2.45) is 0 Å². The van der Waals surface area contributed by atoms with E-state index in [0.29, 0.717) is 28.0 Å². The first-order valence-electron chi connectivity index (χ1n) is 7.62. The minimum atomic E-state index is -0.545. The SMILES string of the molecule is O=C(NCCNc1ccc([N+](=O)[O-])cc1)c1cc(F)cc2[nH]c(=S)[nH]c12. The number of halogens is 1. The van der Waals surface area contributed by atoms with Crippen LogP contribution in [0.2, 0.25) is 0 Å². The van der Waals surface area contributed by atoms with E-state index in [1.165, 1.54) is 18.2 Å². The van der Waals surface area contributed by atoms with Crippen LogP contribution in [0.5, 0.6) is 0 Å². The molecule has 0 bridgehead atoms. The molecule has 0 radical (unpaired) electrons. The summed E-state index contributed by atoms with van der Waals surface area (Å²) in [5.74, 6) is -0.984. The van der Waals surface area contributed by atoms with Crippen LogP contribution in [0.1, 0.15) is 10.4 Å². The molecule has 134 valence electrons. The fraction of sp³-hybridized carbons (Fsp3) is 0.125. The van der Waals surface area contributed by atoms with Gasteiger partial charge in [0.25, 0.3) is 11.6 Å². The van der Waals surface area contributed by atoms with Crippen molar-refractivity contribution < 1.29 is 14.1 Å². The zero-order valence-electron chi connectivity index (χ0n) is 13.3. The van der Waals surface area contributed by atoms with Gasteiger partial charge in [0.2, 0.25) is 0 Å². The van der Waals surface area contributed by atoms with Crippen molar-refractivity contribution in [1.29, 1.82) is 0 Å². The predicted molar refractivity (Wildman–Crippen MR) is 97.4 cm³/mol. The van der Waals surface area contributed by atoms with Crippen LogP contribution in [0.4, 0.5) is 15.8 Å². The number of benzene rings is 2. The van der Waals surface area contributed by atoms with Crippen LogP contribution in [-0.4, -0.2) is 33.9 Å². The Morgan fingerprint density at radius 2 is 1.92 bits per heavy atom. The lowest BCUT2D eigenvalue weighted by molar-refractivity contribution is -0.384. The Morgan fingerprint density at radius 1 is 1.19 bits per heavy atom. The first-order valence-corrected chi connectivity index (χ1v) is 8.03. The van der Waals surface area contributed by atoms with Gasteiger partial charge in [-0.1, -0.05) is 0 Å². The number of non-ortho nitro benzene ring substituents is 1. The van der Waals surface area contributed by atoms with Crippen LogP contribution in [0.25, 0.3) is 11.0 Å². The van der Waals surface area contributed by atoms with E-state index in [1.54, 1.807) is 12.1 Å². The lowest BCUT2D eigenvalue weighted by atomic mass is 10.1. The number of anilines is 1. The molecule has 1 aromatic heterocycles. The number of aromatic amines is 2. The summed E-state index contributed by atoms with van der Waals surface area (Å²) in [6, 6.07) is 8.33. The van der Waals surface area contributed by atoms with Crippen molar-refractivity contribution in [2.45, 2.75) is 0 Å². The number of amides is 1. The van der Waals surface area contributed by atoms with Gasteiger partial charge in [-0.15, -0.1) is 0 Å². The molecule has 3 aromatic rings. The monoisotopic (exact) mass is 375 g/mol. The molecule has 8 nitrogen and oxygen atoms in total. The van der Waals surface area contributed by atoms with Crippen molar-refractivity contribution in [3.8, 4) is 0 Å². The highest BCUT2D eigenvalue weighted by molar-refractivity contribution is 7.71. The van der Waals surface area contributed by atoms with Crippen molar-refractivity contribution >= 4 is 40.5 Å². The predicted octanol–water partition coefficient (Wildman–Crippen LogP) is 3.11. The van der Waals surface area contributed by atoms with Gasteiger partial charge in [-0.05, 0) is 36.5 Å². The maximum Gasteiger partial charge on any atom is 0.269 e. The first kappa shape index (κ1) is 17.5. The number of hydrogen-bond acceptors (Lipinski definition) is 5. The highest BCUT2D eigenvalue weighted by Gasteiger charge is 2.13. The molecule has 1 heterocycles. The third-order valence-electron chi connectivity index (χ3n) is 3.65. The van der Waals surface area contributed by atoms with Gasteiger partial charge in [0.05, 0.1) is 21.5 Å². The summed E-state index contributed by atoms with van der Waals surface area (Å²) in [6.07, 6.45) is 0. The number of aromatic nitrogens is 2. The number of hydrogen-bond donors (Lipinski definition) is 4. The third kappa shape index (κ3) is 3.86. The highest BCUT2D eigenvalue weighted by atomic mass is 32.1. The number of imidazole rings is 1. The van der Waals surface area contributed by atoms with Crippen LogP contribution in [0, 0.1) is 20.7 Å². The largest absolute Gasteiger partial charge is 0.383 e. The highest BCUT2D eigenvalue weighted by Crippen LogP contribution is 2.18. The smallest absolute Gasteiger partial charge is 0.269 e. The van der Waals surface area contributed by atoms with Gasteiger partial charge in [0.15, 0.2) is 4.77 Å². The van der Waals surface area contributed by atoms with Gasteiger partial charge in [-0.3, -0.25) is 14.9 Å². The van der Waals surface area contributed by atoms with Crippen molar-refractivity contribution in [1.82, 2.24) is 15.3 Å². The van der Waals surface area contributed by atoms with Crippen LogP contribution in [-0.2, 0) is 0 Å². The second kappa shape index (κ2) is 7.31. The van der Waals surface area contributed by atoms with E-state index in [1.807, 2.05) is 0 Å². The van der Waals surface area contributed by atoms with Gasteiger partial charge in [-0.2, -0.15) is 0 Å². The van der Waals surface area contributed by atoms with Crippen molar-refractivity contribution in [3.05, 3.63) is 62.7 Å². The normalized spacial score (nSPS) is 10.7. The molecule has 0 aliphatic heterocycles. The summed E-state index contributed by atoms with van der Waals surface area (Å²) in [4.78, 5) is 28.0. The van der Waals surface area contributed by atoms with Gasteiger partial charge < -0.3 is 20.6 Å². The summed E-state index contributed by atoms with van der Waals surface area (Å²) in [5.41, 5.74) is 1.71. The van der Waals surface area contributed by atoms with Crippen molar-refractivity contribution in [2.75, 3.05) is 18.4 Å². The maximum atomic E-state index is 13.7. The number of carbonyl (C=O) groups is 1. The minimum Gasteiger partial charge on any atom is -0.383 e. The third-order valence-corrected chi connectivity index (χ3v) is 3.86. The summed E-state index contributed by atoms with van der Waals surface area (Å²) in [6.45, 7) is 0.671. The average molecular weight is 375 g/mol. The van der Waals surface area contributed by atoms with Crippen LogP contribution in [0.15, 0.2) is 36.4 Å². The molecule has 2 aromatic carbocycles. The molecule has 0 atom stereocenters. The number of H-pyrrole nitrogens is 2. The lowest BCUT2D eigenvalue weighted by Crippen LogP contribution is -2.29. The molecule has 3 rings (SSSR count). The lowest BCUT2D eigenvalue weighted by Gasteiger charge is -2.08. The average Bonchev–Trinajstić information content (AvgIpc) is 2.98. The second-order valence-electron chi connectivity index (χ2n) is 5.44. The van der Waals surface area contributed by atoms with E-state index >= 15 is 0 Å². The molecule has 0 spiro atoms. The van der Waals surface area contributed by atoms with E-state index in [4.69, 9.17) is 12.2 Å². The number of rotatable bonds is 6. The molecule has 0 saturated carbocycles. The Balaban J connectivity index is 1.59. The molecular weight excluding hydrogens is 361 g/mol. The topological polar surface area (TPSA) is 116 Å². The molecule has 0 fully saturated rings. The number of nitro benzene ring substituents is 1. The molecule has 10 heteroatoms. The Hall–Kier alpha value is -3.27. The minimum absolute atomic E-state index is 0.00263. The zero-order valence-corrected chi connectivity index (χ0v) is 14.2. The quantitative estimate of drug-likeness (QED) is 0.229. The molecule has 26 heavy (non-hydrogen) atoms. The van der Waals surface area contributed by atoms with Crippen LogP contribution >= 0.6 is 12.2 Å². The van der Waals surface area contributed by atoms with Gasteiger partial charge >= 0.3 is 0 Å². The van der Waals surface area contributed by atoms with Gasteiger partial charge in [0.1, 0.15) is 5.82 Å². The van der Waals surface area contributed by atoms with E-state index in [0.717, 1.165) is 6.07 Å². The first-order chi connectivity index (χ1) is 12.4. The van der Waals surface area contributed by atoms with Crippen molar-refractivity contribution in [3.63, 3.8) is 0 Å². The summed E-state index contributed by atoms with van der Waals surface area (Å²) >= 11 is 4.97. The molecule has 0 aliphatic carbocycles.